The maximum absolute atomic E-state index is 13.0. The Bertz CT molecular complexity index is 914. The predicted molar refractivity (Wildman–Crippen MR) is 78.2 cm³/mol. The van der Waals surface area contributed by atoms with Crippen LogP contribution in [-0.4, -0.2) is 32.0 Å². The van der Waals surface area contributed by atoms with Gasteiger partial charge in [-0.05, 0) is 13.0 Å². The van der Waals surface area contributed by atoms with Crippen molar-refractivity contribution in [2.45, 2.75) is 13.2 Å². The lowest BCUT2D eigenvalue weighted by molar-refractivity contribution is -0.286. The van der Waals surface area contributed by atoms with E-state index in [0.29, 0.717) is 11.0 Å². The molecule has 1 aliphatic heterocycles. The Kier molecular flexibility index (Phi) is 2.80. The fraction of sp³-hybridized carbons (Fsp3) is 0.214. The van der Waals surface area contributed by atoms with Gasteiger partial charge in [-0.25, -0.2) is 4.98 Å². The molecule has 4 rings (SSSR count). The highest BCUT2D eigenvalue weighted by Crippen LogP contribution is 2.42. The van der Waals surface area contributed by atoms with Crippen LogP contribution in [0.15, 0.2) is 18.2 Å². The van der Waals surface area contributed by atoms with Gasteiger partial charge in [0, 0.05) is 24.9 Å². The van der Waals surface area contributed by atoms with E-state index in [4.69, 9.17) is 0 Å². The summed E-state index contributed by atoms with van der Waals surface area (Å²) in [6.07, 6.45) is -3.69. The van der Waals surface area contributed by atoms with Crippen LogP contribution in [0.2, 0.25) is 0 Å². The highest BCUT2D eigenvalue weighted by Gasteiger charge is 2.43. The molecule has 0 saturated carbocycles. The number of aryl methyl sites for hydroxylation is 2. The second-order valence-electron chi connectivity index (χ2n) is 5.32. The minimum atomic E-state index is -3.69. The lowest BCUT2D eigenvalue weighted by Gasteiger charge is -2.04. The first-order valence-electron chi connectivity index (χ1n) is 6.92. The zero-order chi connectivity index (χ0) is 17.1. The van der Waals surface area contributed by atoms with Crippen LogP contribution >= 0.6 is 0 Å². The summed E-state index contributed by atoms with van der Waals surface area (Å²) in [4.78, 5) is 19.1. The quantitative estimate of drug-likeness (QED) is 0.748. The Morgan fingerprint density at radius 3 is 2.67 bits per heavy atom. The van der Waals surface area contributed by atoms with E-state index < -0.39 is 12.2 Å². The fourth-order valence-corrected chi connectivity index (χ4v) is 2.36. The molecular weight excluding hydrogens is 324 g/mol. The molecule has 0 radical (unpaired) electrons. The number of halogens is 2. The Labute approximate surface area is 133 Å². The molecule has 2 aromatic heterocycles. The fourth-order valence-electron chi connectivity index (χ4n) is 2.36. The molecule has 0 saturated heterocycles. The molecule has 0 bridgehead atoms. The smallest absolute Gasteiger partial charge is 0.395 e. The van der Waals surface area contributed by atoms with Gasteiger partial charge in [-0.3, -0.25) is 14.8 Å². The van der Waals surface area contributed by atoms with E-state index in [9.17, 15) is 13.6 Å². The predicted octanol–water partition coefficient (Wildman–Crippen LogP) is 2.18. The number of amides is 1. The molecule has 0 spiro atoms. The maximum Gasteiger partial charge on any atom is 0.586 e. The number of imidazole rings is 1. The SMILES string of the molecule is Cc1cc(C(=O)Nc2nc3cc4c(cc3[nH]2)OC(F)(F)O4)nn1C. The monoisotopic (exact) mass is 335 g/mol. The van der Waals surface area contributed by atoms with Crippen molar-refractivity contribution in [1.82, 2.24) is 19.7 Å². The van der Waals surface area contributed by atoms with Gasteiger partial charge < -0.3 is 14.5 Å². The van der Waals surface area contributed by atoms with Crippen LogP contribution in [0.3, 0.4) is 0 Å². The third-order valence-corrected chi connectivity index (χ3v) is 3.58. The average molecular weight is 335 g/mol. The van der Waals surface area contributed by atoms with Crippen LogP contribution in [0, 0.1) is 6.92 Å². The van der Waals surface area contributed by atoms with Crippen molar-refractivity contribution in [2.75, 3.05) is 5.32 Å². The van der Waals surface area contributed by atoms with Crippen molar-refractivity contribution in [3.05, 3.63) is 29.6 Å². The molecule has 1 aliphatic rings. The van der Waals surface area contributed by atoms with Crippen molar-refractivity contribution < 1.29 is 23.0 Å². The van der Waals surface area contributed by atoms with Gasteiger partial charge in [0.2, 0.25) is 5.95 Å². The molecule has 0 aliphatic carbocycles. The van der Waals surface area contributed by atoms with Crippen molar-refractivity contribution in [3.63, 3.8) is 0 Å². The topological polar surface area (TPSA) is 94.1 Å². The zero-order valence-electron chi connectivity index (χ0n) is 12.6. The Hall–Kier alpha value is -3.17. The number of hydrogen-bond donors (Lipinski definition) is 2. The highest BCUT2D eigenvalue weighted by molar-refractivity contribution is 6.02. The molecular formula is C14H11F2N5O3. The Morgan fingerprint density at radius 2 is 2.00 bits per heavy atom. The number of hydrogen-bond acceptors (Lipinski definition) is 5. The molecule has 0 fully saturated rings. The van der Waals surface area contributed by atoms with Gasteiger partial charge in [0.1, 0.15) is 0 Å². The summed E-state index contributed by atoms with van der Waals surface area (Å²) in [5, 5.41) is 6.63. The number of fused-ring (bicyclic) bond motifs is 2. The number of H-pyrrole nitrogens is 1. The van der Waals surface area contributed by atoms with Gasteiger partial charge in [-0.15, -0.1) is 8.78 Å². The lowest BCUT2D eigenvalue weighted by atomic mass is 10.3. The third-order valence-electron chi connectivity index (χ3n) is 3.58. The summed E-state index contributed by atoms with van der Waals surface area (Å²) < 4.78 is 36.4. The summed E-state index contributed by atoms with van der Waals surface area (Å²) in [6.45, 7) is 1.82. The molecule has 24 heavy (non-hydrogen) atoms. The highest BCUT2D eigenvalue weighted by atomic mass is 19.3. The number of carbonyl (C=O) groups is 1. The number of alkyl halides is 2. The molecule has 2 N–H and O–H groups in total. The number of anilines is 1. The van der Waals surface area contributed by atoms with Crippen LogP contribution in [0.25, 0.3) is 11.0 Å². The lowest BCUT2D eigenvalue weighted by Crippen LogP contribution is -2.25. The van der Waals surface area contributed by atoms with Crippen LogP contribution in [0.5, 0.6) is 11.5 Å². The van der Waals surface area contributed by atoms with Gasteiger partial charge in [-0.2, -0.15) is 5.10 Å². The zero-order valence-corrected chi connectivity index (χ0v) is 12.6. The number of nitrogens with one attached hydrogen (secondary N) is 2. The van der Waals surface area contributed by atoms with Gasteiger partial charge in [0.15, 0.2) is 17.2 Å². The van der Waals surface area contributed by atoms with Crippen LogP contribution in [0.1, 0.15) is 16.2 Å². The molecule has 3 aromatic rings. The van der Waals surface area contributed by atoms with Gasteiger partial charge >= 0.3 is 6.29 Å². The Morgan fingerprint density at radius 1 is 1.29 bits per heavy atom. The number of rotatable bonds is 2. The van der Waals surface area contributed by atoms with E-state index in [1.54, 1.807) is 17.8 Å². The van der Waals surface area contributed by atoms with Crippen molar-refractivity contribution >= 4 is 22.9 Å². The number of aromatic amines is 1. The van der Waals surface area contributed by atoms with E-state index >= 15 is 0 Å². The summed E-state index contributed by atoms with van der Waals surface area (Å²) in [7, 11) is 1.73. The number of ether oxygens (including phenoxy) is 2. The summed E-state index contributed by atoms with van der Waals surface area (Å²) in [6, 6.07) is 4.28. The van der Waals surface area contributed by atoms with Crippen LogP contribution in [0.4, 0.5) is 14.7 Å². The van der Waals surface area contributed by atoms with Gasteiger partial charge in [-0.1, -0.05) is 0 Å². The standard InChI is InChI=1S/C14H11F2N5O3/c1-6-3-9(20-21(6)2)12(22)19-13-17-7-4-10-11(5-8(7)18-13)24-14(15,16)23-10/h3-5H,1-2H3,(H2,17,18,19,22). The molecule has 124 valence electrons. The number of carbonyl (C=O) groups excluding carboxylic acids is 1. The molecule has 10 heteroatoms. The third kappa shape index (κ3) is 2.32. The van der Waals surface area contributed by atoms with Crippen molar-refractivity contribution in [1.29, 1.82) is 0 Å². The molecule has 1 amide bonds. The number of benzene rings is 1. The second kappa shape index (κ2) is 4.66. The first kappa shape index (κ1) is 14.4. The summed E-state index contributed by atoms with van der Waals surface area (Å²) in [5.74, 6) is -0.496. The van der Waals surface area contributed by atoms with Crippen LogP contribution in [-0.2, 0) is 7.05 Å². The summed E-state index contributed by atoms with van der Waals surface area (Å²) in [5.41, 5.74) is 1.84. The first-order chi connectivity index (χ1) is 11.3. The summed E-state index contributed by atoms with van der Waals surface area (Å²) >= 11 is 0. The normalized spacial score (nSPS) is 15.0. The second-order valence-corrected chi connectivity index (χ2v) is 5.32. The largest absolute Gasteiger partial charge is 0.586 e. The average Bonchev–Trinajstić information content (AvgIpc) is 3.10. The maximum atomic E-state index is 13.0. The van der Waals surface area contributed by atoms with Crippen molar-refractivity contribution in [2.24, 2.45) is 7.05 Å². The van der Waals surface area contributed by atoms with E-state index in [1.807, 2.05) is 6.92 Å². The number of aromatic nitrogens is 4. The van der Waals surface area contributed by atoms with E-state index in [0.717, 1.165) is 5.69 Å². The van der Waals surface area contributed by atoms with E-state index in [1.165, 1.54) is 12.1 Å². The first-order valence-corrected chi connectivity index (χ1v) is 6.92. The molecule has 1 aromatic carbocycles. The van der Waals surface area contributed by atoms with E-state index in [2.05, 4.69) is 29.9 Å². The number of nitrogens with zero attached hydrogens (tertiary/aromatic N) is 3. The minimum absolute atomic E-state index is 0.102. The Balaban J connectivity index is 1.61. The molecule has 8 nitrogen and oxygen atoms in total. The minimum Gasteiger partial charge on any atom is -0.395 e. The molecule has 0 atom stereocenters. The van der Waals surface area contributed by atoms with Gasteiger partial charge in [0.25, 0.3) is 5.91 Å². The van der Waals surface area contributed by atoms with Crippen LogP contribution < -0.4 is 14.8 Å². The van der Waals surface area contributed by atoms with Gasteiger partial charge in [0.05, 0.1) is 11.0 Å². The molecule has 3 heterocycles. The molecule has 0 unspecified atom stereocenters. The van der Waals surface area contributed by atoms with E-state index in [-0.39, 0.29) is 23.1 Å². The van der Waals surface area contributed by atoms with Crippen molar-refractivity contribution in [3.8, 4) is 11.5 Å².